The van der Waals surface area contributed by atoms with E-state index in [4.69, 9.17) is 4.98 Å². The number of anilines is 2. The van der Waals surface area contributed by atoms with Gasteiger partial charge in [-0.05, 0) is 51.8 Å². The molecule has 4 aromatic rings. The predicted molar refractivity (Wildman–Crippen MR) is 141 cm³/mol. The Labute approximate surface area is 206 Å². The molecule has 1 aromatic carbocycles. The number of imidazole rings is 1. The number of rotatable bonds is 5. The van der Waals surface area contributed by atoms with Gasteiger partial charge in [-0.15, -0.1) is 0 Å². The highest BCUT2D eigenvalue weighted by molar-refractivity contribution is 5.68. The van der Waals surface area contributed by atoms with Crippen LogP contribution in [0.3, 0.4) is 0 Å². The van der Waals surface area contributed by atoms with E-state index in [1.54, 1.807) is 0 Å². The summed E-state index contributed by atoms with van der Waals surface area (Å²) in [5.74, 6) is 1.83. The third kappa shape index (κ3) is 4.04. The number of benzene rings is 1. The summed E-state index contributed by atoms with van der Waals surface area (Å²) < 4.78 is 2.13. The van der Waals surface area contributed by atoms with Crippen molar-refractivity contribution in [1.29, 1.82) is 0 Å². The van der Waals surface area contributed by atoms with Crippen molar-refractivity contribution in [3.63, 3.8) is 0 Å². The highest BCUT2D eigenvalue weighted by atomic mass is 15.4. The van der Waals surface area contributed by atoms with E-state index in [-0.39, 0.29) is 11.6 Å². The number of piperazine rings is 1. The lowest BCUT2D eigenvalue weighted by molar-refractivity contribution is 0.112. The minimum atomic E-state index is 0.156. The molecule has 2 aliphatic rings. The number of nitrogens with zero attached hydrogens (tertiary/aromatic N) is 6. The molecule has 0 aliphatic carbocycles. The first-order chi connectivity index (χ1) is 16.9. The van der Waals surface area contributed by atoms with Crippen LogP contribution in [0.2, 0.25) is 0 Å². The maximum absolute atomic E-state index is 5.18. The highest BCUT2D eigenvalue weighted by Gasteiger charge is 2.47. The van der Waals surface area contributed by atoms with Gasteiger partial charge in [-0.1, -0.05) is 30.3 Å². The predicted octanol–water partition coefficient (Wildman–Crippen LogP) is 5.03. The summed E-state index contributed by atoms with van der Waals surface area (Å²) in [4.78, 5) is 19.5. The third-order valence-electron chi connectivity index (χ3n) is 7.45. The van der Waals surface area contributed by atoms with Gasteiger partial charge in [-0.2, -0.15) is 0 Å². The molecule has 2 aliphatic heterocycles. The number of likely N-dealkylation sites (tertiary alicyclic amines) is 1. The number of pyridine rings is 1. The van der Waals surface area contributed by atoms with E-state index in [2.05, 4.69) is 93.6 Å². The molecule has 0 spiro atoms. The van der Waals surface area contributed by atoms with E-state index in [1.165, 1.54) is 12.0 Å². The summed E-state index contributed by atoms with van der Waals surface area (Å²) in [5, 5.41) is 3.54. The monoisotopic (exact) mass is 467 g/mol. The van der Waals surface area contributed by atoms with Gasteiger partial charge in [0, 0.05) is 67.0 Å². The minimum Gasteiger partial charge on any atom is -0.364 e. The molecule has 1 N–H and O–H groups in total. The lowest BCUT2D eigenvalue weighted by Gasteiger charge is -2.42. The van der Waals surface area contributed by atoms with Crippen LogP contribution in [0.25, 0.3) is 16.9 Å². The van der Waals surface area contributed by atoms with E-state index in [0.29, 0.717) is 12.1 Å². The summed E-state index contributed by atoms with van der Waals surface area (Å²) >= 11 is 0. The van der Waals surface area contributed by atoms with Crippen molar-refractivity contribution >= 4 is 17.4 Å². The Bertz CT molecular complexity index is 1340. The minimum absolute atomic E-state index is 0.156. The second-order valence-corrected chi connectivity index (χ2v) is 10.8. The number of nitrogens with one attached hydrogen (secondary N) is 1. The van der Waals surface area contributed by atoms with Gasteiger partial charge in [-0.25, -0.2) is 15.0 Å². The topological polar surface area (TPSA) is 61.6 Å². The fourth-order valence-corrected chi connectivity index (χ4v) is 5.71. The van der Waals surface area contributed by atoms with Gasteiger partial charge in [0.15, 0.2) is 0 Å². The molecule has 3 atom stereocenters. The first-order valence-corrected chi connectivity index (χ1v) is 12.5. The smallest absolute Gasteiger partial charge is 0.212 e. The second kappa shape index (κ2) is 8.34. The first kappa shape index (κ1) is 22.0. The molecule has 6 rings (SSSR count). The van der Waals surface area contributed by atoms with Crippen molar-refractivity contribution in [3.8, 4) is 11.3 Å². The number of hydrogen-bond donors (Lipinski definition) is 1. The molecule has 3 aromatic heterocycles. The third-order valence-corrected chi connectivity index (χ3v) is 7.45. The van der Waals surface area contributed by atoms with E-state index >= 15 is 0 Å². The summed E-state index contributed by atoms with van der Waals surface area (Å²) in [6.45, 7) is 11.2. The largest absolute Gasteiger partial charge is 0.364 e. The van der Waals surface area contributed by atoms with E-state index in [0.717, 1.165) is 41.8 Å². The normalized spacial score (nSPS) is 21.1. The zero-order valence-electron chi connectivity index (χ0n) is 20.9. The maximum atomic E-state index is 5.18. The fraction of sp³-hybridized carbons (Fsp3) is 0.393. The molecule has 0 radical (unpaired) electrons. The van der Waals surface area contributed by atoms with Gasteiger partial charge in [0.2, 0.25) is 5.95 Å². The molecular weight excluding hydrogens is 434 g/mol. The van der Waals surface area contributed by atoms with Crippen LogP contribution in [0.15, 0.2) is 67.1 Å². The van der Waals surface area contributed by atoms with Crippen molar-refractivity contribution in [2.75, 3.05) is 23.3 Å². The van der Waals surface area contributed by atoms with E-state index in [1.807, 2.05) is 30.7 Å². The summed E-state index contributed by atoms with van der Waals surface area (Å²) in [7, 11) is 0. The number of hydrogen-bond acceptors (Lipinski definition) is 6. The average Bonchev–Trinajstić information content (AvgIpc) is 3.59. The van der Waals surface area contributed by atoms with Crippen molar-refractivity contribution in [3.05, 3.63) is 72.7 Å². The summed E-state index contributed by atoms with van der Waals surface area (Å²) in [6.07, 6.45) is 6.93. The van der Waals surface area contributed by atoms with E-state index < -0.39 is 0 Å². The molecular formula is C28H33N7. The fourth-order valence-electron chi connectivity index (χ4n) is 5.71. The Kier molecular flexibility index (Phi) is 5.25. The van der Waals surface area contributed by atoms with Crippen LogP contribution in [-0.4, -0.2) is 55.0 Å². The summed E-state index contributed by atoms with van der Waals surface area (Å²) in [6, 6.07) is 17.8. The van der Waals surface area contributed by atoms with Gasteiger partial charge in [-0.3, -0.25) is 9.30 Å². The number of aromatic nitrogens is 4. The molecule has 5 heterocycles. The van der Waals surface area contributed by atoms with Crippen LogP contribution < -0.4 is 10.2 Å². The van der Waals surface area contributed by atoms with Crippen LogP contribution in [0.4, 0.5) is 11.8 Å². The zero-order chi connectivity index (χ0) is 24.2. The molecule has 2 fully saturated rings. The lowest BCUT2D eigenvalue weighted by Crippen LogP contribution is -2.54. The lowest BCUT2D eigenvalue weighted by atomic mass is 10.0. The quantitative estimate of drug-likeness (QED) is 0.444. The molecule has 2 bridgehead atoms. The Morgan fingerprint density at radius 2 is 1.80 bits per heavy atom. The summed E-state index contributed by atoms with van der Waals surface area (Å²) in [5.41, 5.74) is 4.31. The van der Waals surface area contributed by atoms with Crippen LogP contribution in [-0.2, 0) is 0 Å². The second-order valence-electron chi connectivity index (χ2n) is 10.8. The Morgan fingerprint density at radius 3 is 2.54 bits per heavy atom. The Morgan fingerprint density at radius 1 is 0.971 bits per heavy atom. The molecule has 7 heteroatoms. The van der Waals surface area contributed by atoms with E-state index in [9.17, 15) is 0 Å². The van der Waals surface area contributed by atoms with Gasteiger partial charge in [0.05, 0.1) is 5.69 Å². The van der Waals surface area contributed by atoms with Gasteiger partial charge < -0.3 is 10.2 Å². The van der Waals surface area contributed by atoms with Crippen molar-refractivity contribution in [2.45, 2.75) is 57.8 Å². The zero-order valence-corrected chi connectivity index (χ0v) is 20.9. The first-order valence-electron chi connectivity index (χ1n) is 12.5. The Balaban J connectivity index is 1.31. The molecule has 7 nitrogen and oxygen atoms in total. The van der Waals surface area contributed by atoms with Crippen molar-refractivity contribution < 1.29 is 0 Å². The van der Waals surface area contributed by atoms with Crippen LogP contribution in [0.5, 0.6) is 0 Å². The Hall–Kier alpha value is -3.45. The van der Waals surface area contributed by atoms with Crippen LogP contribution in [0.1, 0.15) is 45.7 Å². The van der Waals surface area contributed by atoms with Crippen LogP contribution in [0, 0.1) is 0 Å². The molecule has 0 amide bonds. The van der Waals surface area contributed by atoms with Gasteiger partial charge in [0.1, 0.15) is 11.5 Å². The standard InChI is InChI=1S/C28H33N7/c1-19(20-8-6-5-7-9-20)31-25-14-21(10-11-29-25)24-16-26-30-12-13-33(26)27(32-24)34-17-23-15-22(34)18-35(23)28(2,3)4/h5-14,16,19,22-23H,15,17-18H2,1-4H3,(H,29,31)/t19-,22-,23-/m0/s1. The van der Waals surface area contributed by atoms with Crippen LogP contribution >= 0.6 is 0 Å². The maximum Gasteiger partial charge on any atom is 0.212 e. The number of fused-ring (bicyclic) bond motifs is 3. The van der Waals surface area contributed by atoms with Crippen molar-refractivity contribution in [1.82, 2.24) is 24.3 Å². The van der Waals surface area contributed by atoms with Gasteiger partial charge >= 0.3 is 0 Å². The average molecular weight is 468 g/mol. The molecule has 35 heavy (non-hydrogen) atoms. The van der Waals surface area contributed by atoms with Crippen molar-refractivity contribution in [2.24, 2.45) is 0 Å². The highest BCUT2D eigenvalue weighted by Crippen LogP contribution is 2.38. The molecule has 2 saturated heterocycles. The molecule has 0 saturated carbocycles. The SMILES string of the molecule is C[C@H](Nc1cc(-c2cc3nccn3c(N3C[C@@H]4C[C@H]3CN4C(C)(C)C)n2)ccn1)c1ccccc1. The molecule has 180 valence electrons. The molecule has 0 unspecified atom stereocenters. The van der Waals surface area contributed by atoms with Gasteiger partial charge in [0.25, 0.3) is 0 Å².